The van der Waals surface area contributed by atoms with Crippen molar-refractivity contribution < 1.29 is 9.59 Å². The maximum atomic E-state index is 13.0. The average molecular weight is 431 g/mol. The fourth-order valence-electron chi connectivity index (χ4n) is 6.04. The lowest BCUT2D eigenvalue weighted by Gasteiger charge is -2.42. The van der Waals surface area contributed by atoms with E-state index >= 15 is 0 Å². The quantitative estimate of drug-likeness (QED) is 0.685. The molecule has 1 aliphatic carbocycles. The fraction of sp³-hybridized carbons (Fsp3) is 0.652. The molecule has 1 unspecified atom stereocenters. The van der Waals surface area contributed by atoms with Gasteiger partial charge < -0.3 is 16.4 Å². The van der Waals surface area contributed by atoms with Crippen LogP contribution in [0.25, 0.3) is 0 Å². The lowest BCUT2D eigenvalue weighted by atomic mass is 9.85. The molecule has 162 valence electrons. The van der Waals surface area contributed by atoms with E-state index in [0.717, 1.165) is 42.9 Å². The highest BCUT2D eigenvalue weighted by Gasteiger charge is 2.42. The number of hydrogen-bond donors (Lipinski definition) is 3. The molecule has 0 spiro atoms. The minimum atomic E-state index is -0.124. The topological polar surface area (TPSA) is 87.5 Å². The molecule has 6 nitrogen and oxygen atoms in total. The van der Waals surface area contributed by atoms with Gasteiger partial charge in [-0.1, -0.05) is 11.6 Å². The number of carbonyl (C=O) groups is 2. The molecule has 4 N–H and O–H groups in total. The fourth-order valence-corrected chi connectivity index (χ4v) is 6.29. The van der Waals surface area contributed by atoms with E-state index in [2.05, 4.69) is 15.5 Å². The molecule has 1 aromatic carbocycles. The second-order valence-electron chi connectivity index (χ2n) is 9.72. The number of nitrogens with one attached hydrogen (secondary N) is 2. The predicted molar refractivity (Wildman–Crippen MR) is 118 cm³/mol. The van der Waals surface area contributed by atoms with Crippen LogP contribution in [0.3, 0.4) is 0 Å². The first kappa shape index (κ1) is 20.3. The average Bonchev–Trinajstić information content (AvgIpc) is 3.17. The predicted octanol–water partition coefficient (Wildman–Crippen LogP) is 3.08. The van der Waals surface area contributed by atoms with Gasteiger partial charge in [-0.25, -0.2) is 0 Å². The summed E-state index contributed by atoms with van der Waals surface area (Å²) >= 11 is 6.35. The zero-order valence-corrected chi connectivity index (χ0v) is 18.1. The molecule has 3 heterocycles. The van der Waals surface area contributed by atoms with Gasteiger partial charge in [0.1, 0.15) is 0 Å². The Hall–Kier alpha value is -1.63. The van der Waals surface area contributed by atoms with Crippen LogP contribution < -0.4 is 16.4 Å². The van der Waals surface area contributed by atoms with E-state index in [-0.39, 0.29) is 17.9 Å². The zero-order chi connectivity index (χ0) is 20.8. The van der Waals surface area contributed by atoms with Crippen molar-refractivity contribution >= 4 is 29.1 Å². The second-order valence-corrected chi connectivity index (χ2v) is 10.1. The molecule has 0 radical (unpaired) electrons. The van der Waals surface area contributed by atoms with Gasteiger partial charge in [0, 0.05) is 36.4 Å². The molecule has 4 aliphatic rings. The van der Waals surface area contributed by atoms with Gasteiger partial charge in [0.15, 0.2) is 0 Å². The van der Waals surface area contributed by atoms with E-state index in [1.807, 2.05) is 0 Å². The van der Waals surface area contributed by atoms with Crippen LogP contribution in [0.5, 0.6) is 0 Å². The molecule has 2 amide bonds. The van der Waals surface area contributed by atoms with E-state index in [0.29, 0.717) is 35.1 Å². The van der Waals surface area contributed by atoms with Crippen molar-refractivity contribution in [2.45, 2.75) is 82.0 Å². The van der Waals surface area contributed by atoms with Gasteiger partial charge >= 0.3 is 0 Å². The highest BCUT2D eigenvalue weighted by molar-refractivity contribution is 6.34. The number of nitrogens with two attached hydrogens (primary N) is 1. The Kier molecular flexibility index (Phi) is 5.50. The molecule has 7 heteroatoms. The van der Waals surface area contributed by atoms with Crippen LogP contribution in [0, 0.1) is 5.92 Å². The lowest BCUT2D eigenvalue weighted by molar-refractivity contribution is -0.115. The lowest BCUT2D eigenvalue weighted by Crippen LogP contribution is -2.51. The summed E-state index contributed by atoms with van der Waals surface area (Å²) in [7, 11) is 0. The molecular weight excluding hydrogens is 400 g/mol. The third-order valence-corrected chi connectivity index (χ3v) is 7.96. The summed E-state index contributed by atoms with van der Waals surface area (Å²) in [5, 5.41) is 6.41. The molecule has 1 aromatic rings. The Bertz CT molecular complexity index is 838. The number of anilines is 1. The summed E-state index contributed by atoms with van der Waals surface area (Å²) in [5.74, 6) is 0.601. The third kappa shape index (κ3) is 3.97. The number of rotatable bonds is 4. The van der Waals surface area contributed by atoms with Crippen LogP contribution in [-0.4, -0.2) is 47.4 Å². The number of nitrogens with zero attached hydrogens (tertiary/aromatic N) is 1. The van der Waals surface area contributed by atoms with Gasteiger partial charge in [0.2, 0.25) is 5.91 Å². The van der Waals surface area contributed by atoms with Crippen LogP contribution >= 0.6 is 11.6 Å². The van der Waals surface area contributed by atoms with Crippen LogP contribution in [0.4, 0.5) is 5.69 Å². The van der Waals surface area contributed by atoms with Crippen molar-refractivity contribution in [3.63, 3.8) is 0 Å². The maximum Gasteiger partial charge on any atom is 0.253 e. The second kappa shape index (κ2) is 8.13. The van der Waals surface area contributed by atoms with Crippen molar-refractivity contribution in [3.8, 4) is 0 Å². The minimum absolute atomic E-state index is 0.0532. The van der Waals surface area contributed by atoms with Gasteiger partial charge in [-0.15, -0.1) is 0 Å². The summed E-state index contributed by atoms with van der Waals surface area (Å²) in [4.78, 5) is 27.3. The number of amides is 2. The number of benzene rings is 1. The van der Waals surface area contributed by atoms with Gasteiger partial charge in [0.25, 0.3) is 5.91 Å². The van der Waals surface area contributed by atoms with Crippen LogP contribution in [0.15, 0.2) is 12.1 Å². The highest BCUT2D eigenvalue weighted by atomic mass is 35.5. The van der Waals surface area contributed by atoms with E-state index < -0.39 is 0 Å². The van der Waals surface area contributed by atoms with Crippen molar-refractivity contribution in [3.05, 3.63) is 28.3 Å². The maximum absolute atomic E-state index is 13.0. The Morgan fingerprint density at radius 2 is 1.83 bits per heavy atom. The number of carbonyl (C=O) groups excluding carboxylic acids is 2. The van der Waals surface area contributed by atoms with E-state index in [4.69, 9.17) is 17.3 Å². The summed E-state index contributed by atoms with van der Waals surface area (Å²) in [6, 6.07) is 5.19. The summed E-state index contributed by atoms with van der Waals surface area (Å²) < 4.78 is 0. The number of fused-ring (bicyclic) bond motifs is 3. The molecule has 3 atom stereocenters. The van der Waals surface area contributed by atoms with Crippen LogP contribution in [-0.2, 0) is 11.2 Å². The van der Waals surface area contributed by atoms with Gasteiger partial charge in [-0.2, -0.15) is 0 Å². The first-order chi connectivity index (χ1) is 14.5. The number of hydrogen-bond acceptors (Lipinski definition) is 4. The molecule has 1 saturated carbocycles. The first-order valence-electron chi connectivity index (χ1n) is 11.4. The highest BCUT2D eigenvalue weighted by Crippen LogP contribution is 2.38. The van der Waals surface area contributed by atoms with Gasteiger partial charge in [-0.3, -0.25) is 14.5 Å². The van der Waals surface area contributed by atoms with E-state index in [9.17, 15) is 9.59 Å². The molecule has 3 aliphatic heterocycles. The van der Waals surface area contributed by atoms with Crippen molar-refractivity contribution in [2.24, 2.45) is 11.7 Å². The summed E-state index contributed by atoms with van der Waals surface area (Å²) in [5.41, 5.74) is 8.11. The Morgan fingerprint density at radius 1 is 1.13 bits per heavy atom. The first-order valence-corrected chi connectivity index (χ1v) is 11.8. The normalized spacial score (nSPS) is 33.3. The molecule has 30 heavy (non-hydrogen) atoms. The molecule has 2 bridgehead atoms. The van der Waals surface area contributed by atoms with Crippen molar-refractivity contribution in [1.82, 2.24) is 10.2 Å². The minimum Gasteiger partial charge on any atom is -0.349 e. The van der Waals surface area contributed by atoms with E-state index in [1.165, 1.54) is 32.2 Å². The van der Waals surface area contributed by atoms with Gasteiger partial charge in [0.05, 0.1) is 17.0 Å². The zero-order valence-electron chi connectivity index (χ0n) is 17.3. The third-order valence-electron chi connectivity index (χ3n) is 7.64. The molecular formula is C23H31ClN4O2. The molecule has 2 saturated heterocycles. The van der Waals surface area contributed by atoms with Crippen LogP contribution in [0.2, 0.25) is 5.02 Å². The molecule has 0 aromatic heterocycles. The van der Waals surface area contributed by atoms with Crippen molar-refractivity contribution in [2.75, 3.05) is 11.9 Å². The van der Waals surface area contributed by atoms with Gasteiger partial charge in [-0.05, 0) is 75.0 Å². The van der Waals surface area contributed by atoms with E-state index in [1.54, 1.807) is 12.1 Å². The summed E-state index contributed by atoms with van der Waals surface area (Å²) in [6.45, 7) is 1.19. The number of halogens is 1. The SMILES string of the molecule is NC1CCC(CN2[C@@H]3CC[C@H]2CC(NC(=O)c2cc4c(cc2Cl)NC(=O)C4)C3)CC1. The monoisotopic (exact) mass is 430 g/mol. The van der Waals surface area contributed by atoms with Crippen molar-refractivity contribution in [1.29, 1.82) is 0 Å². The standard InChI is InChI=1S/C23H31ClN4O2/c24-20-11-21-14(8-22(29)27-21)7-19(20)23(30)26-16-9-17-5-6-18(10-16)28(17)12-13-1-3-15(25)4-2-13/h7,11,13,15-18H,1-6,8-10,12,25H2,(H,26,30)(H,27,29)/t13?,15?,16?,17-,18+. The number of piperidine rings is 1. The smallest absolute Gasteiger partial charge is 0.253 e. The van der Waals surface area contributed by atoms with Crippen LogP contribution in [0.1, 0.15) is 67.3 Å². The largest absolute Gasteiger partial charge is 0.349 e. The Morgan fingerprint density at radius 3 is 2.53 bits per heavy atom. The molecule has 5 rings (SSSR count). The Balaban J connectivity index is 1.20. The summed E-state index contributed by atoms with van der Waals surface area (Å²) in [6.07, 6.45) is 9.63. The molecule has 3 fully saturated rings. The Labute approximate surface area is 182 Å².